The maximum Gasteiger partial charge on any atom is 0.323 e. The second-order valence-corrected chi connectivity index (χ2v) is 4.67. The van der Waals surface area contributed by atoms with Gasteiger partial charge in [-0.2, -0.15) is 0 Å². The molecular weight excluding hydrogens is 310 g/mol. The van der Waals surface area contributed by atoms with Crippen LogP contribution in [0.3, 0.4) is 0 Å². The number of hydrogen-bond acceptors (Lipinski definition) is 4. The van der Waals surface area contributed by atoms with Gasteiger partial charge in [0.25, 0.3) is 0 Å². The third kappa shape index (κ3) is 3.86. The lowest BCUT2D eigenvalue weighted by atomic mass is 10.2. The zero-order valence-electron chi connectivity index (χ0n) is 11.5. The summed E-state index contributed by atoms with van der Waals surface area (Å²) in [6.07, 6.45) is 0. The van der Waals surface area contributed by atoms with E-state index in [1.807, 2.05) is 0 Å². The van der Waals surface area contributed by atoms with E-state index in [1.165, 1.54) is 25.3 Å². The summed E-state index contributed by atoms with van der Waals surface area (Å²) >= 11 is 5.82. The molecule has 0 aliphatic carbocycles. The molecule has 114 valence electrons. The summed E-state index contributed by atoms with van der Waals surface area (Å²) in [4.78, 5) is 22.2. The first-order chi connectivity index (χ1) is 10.5. The van der Waals surface area contributed by atoms with Crippen LogP contribution in [0.5, 0.6) is 5.75 Å². The number of hydrogen-bond donors (Lipinski definition) is 2. The van der Waals surface area contributed by atoms with Crippen LogP contribution in [0.4, 0.5) is 21.9 Å². The summed E-state index contributed by atoms with van der Waals surface area (Å²) in [7, 11) is 1.33. The molecule has 0 saturated heterocycles. The number of rotatable bonds is 4. The average Bonchev–Trinajstić information content (AvgIpc) is 2.47. The van der Waals surface area contributed by atoms with Crippen LogP contribution in [0, 0.1) is 10.1 Å². The SMILES string of the molecule is COc1ccc(NC(=O)Nc2cccc(Cl)c2)cc1[N+](=O)[O-]. The smallest absolute Gasteiger partial charge is 0.323 e. The molecule has 0 aliphatic heterocycles. The van der Waals surface area contributed by atoms with Gasteiger partial charge < -0.3 is 15.4 Å². The van der Waals surface area contributed by atoms with Crippen molar-refractivity contribution in [3.63, 3.8) is 0 Å². The van der Waals surface area contributed by atoms with Gasteiger partial charge in [-0.05, 0) is 30.3 Å². The fourth-order valence-electron chi connectivity index (χ4n) is 1.77. The molecule has 0 unspecified atom stereocenters. The Morgan fingerprint density at radius 3 is 2.45 bits per heavy atom. The number of anilines is 2. The largest absolute Gasteiger partial charge is 0.490 e. The van der Waals surface area contributed by atoms with Gasteiger partial charge in [0.05, 0.1) is 12.0 Å². The predicted octanol–water partition coefficient (Wildman–Crippen LogP) is 3.90. The molecule has 2 aromatic carbocycles. The van der Waals surface area contributed by atoms with Gasteiger partial charge in [-0.15, -0.1) is 0 Å². The molecule has 2 rings (SSSR count). The molecule has 0 aliphatic rings. The van der Waals surface area contributed by atoms with Crippen LogP contribution in [0.2, 0.25) is 5.02 Å². The van der Waals surface area contributed by atoms with Gasteiger partial charge >= 0.3 is 11.7 Å². The van der Waals surface area contributed by atoms with Crippen molar-refractivity contribution in [3.8, 4) is 5.75 Å². The minimum absolute atomic E-state index is 0.116. The van der Waals surface area contributed by atoms with E-state index in [9.17, 15) is 14.9 Å². The van der Waals surface area contributed by atoms with Crippen LogP contribution in [0.15, 0.2) is 42.5 Å². The van der Waals surface area contributed by atoms with Gasteiger partial charge in [0.2, 0.25) is 0 Å². The van der Waals surface area contributed by atoms with Gasteiger partial charge in [0.15, 0.2) is 5.75 Å². The fraction of sp³-hybridized carbons (Fsp3) is 0.0714. The van der Waals surface area contributed by atoms with Crippen LogP contribution in [-0.4, -0.2) is 18.1 Å². The number of carbonyl (C=O) groups is 1. The molecular formula is C14H12ClN3O4. The highest BCUT2D eigenvalue weighted by Crippen LogP contribution is 2.29. The maximum absolute atomic E-state index is 11.9. The molecule has 0 bridgehead atoms. The highest BCUT2D eigenvalue weighted by Gasteiger charge is 2.16. The van der Waals surface area contributed by atoms with Gasteiger partial charge in [-0.25, -0.2) is 4.79 Å². The average molecular weight is 322 g/mol. The zero-order chi connectivity index (χ0) is 16.1. The lowest BCUT2D eigenvalue weighted by Crippen LogP contribution is -2.19. The van der Waals surface area contributed by atoms with E-state index in [0.29, 0.717) is 10.7 Å². The number of amides is 2. The van der Waals surface area contributed by atoms with Gasteiger partial charge in [-0.3, -0.25) is 10.1 Å². The second-order valence-electron chi connectivity index (χ2n) is 4.23. The van der Waals surface area contributed by atoms with E-state index in [2.05, 4.69) is 10.6 Å². The van der Waals surface area contributed by atoms with E-state index < -0.39 is 11.0 Å². The molecule has 0 spiro atoms. The van der Waals surface area contributed by atoms with E-state index >= 15 is 0 Å². The predicted molar refractivity (Wildman–Crippen MR) is 83.7 cm³/mol. The molecule has 0 heterocycles. The standard InChI is InChI=1S/C14H12ClN3O4/c1-22-13-6-5-11(8-12(13)18(20)21)17-14(19)16-10-4-2-3-9(15)7-10/h2-8H,1H3,(H2,16,17,19). The lowest BCUT2D eigenvalue weighted by Gasteiger charge is -2.09. The monoisotopic (exact) mass is 321 g/mol. The minimum Gasteiger partial charge on any atom is -0.490 e. The molecule has 0 radical (unpaired) electrons. The fourth-order valence-corrected chi connectivity index (χ4v) is 1.96. The first kappa shape index (κ1) is 15.6. The van der Waals surface area contributed by atoms with Crippen molar-refractivity contribution in [2.45, 2.75) is 0 Å². The quantitative estimate of drug-likeness (QED) is 0.659. The number of nitrogens with one attached hydrogen (secondary N) is 2. The third-order valence-corrected chi connectivity index (χ3v) is 2.95. The summed E-state index contributed by atoms with van der Waals surface area (Å²) in [5.41, 5.74) is 0.545. The van der Waals surface area contributed by atoms with Crippen molar-refractivity contribution < 1.29 is 14.5 Å². The highest BCUT2D eigenvalue weighted by molar-refractivity contribution is 6.30. The first-order valence-electron chi connectivity index (χ1n) is 6.15. The summed E-state index contributed by atoms with van der Waals surface area (Å²) in [6, 6.07) is 10.2. The molecule has 0 saturated carbocycles. The topological polar surface area (TPSA) is 93.5 Å². The van der Waals surface area contributed by atoms with E-state index in [-0.39, 0.29) is 17.1 Å². The Morgan fingerprint density at radius 1 is 1.18 bits per heavy atom. The molecule has 22 heavy (non-hydrogen) atoms. The molecule has 0 atom stereocenters. The van der Waals surface area contributed by atoms with Crippen molar-refractivity contribution in [2.75, 3.05) is 17.7 Å². The number of nitro benzene ring substituents is 1. The summed E-state index contributed by atoms with van der Waals surface area (Å²) in [6.45, 7) is 0. The Hall–Kier alpha value is -2.80. The maximum atomic E-state index is 11.9. The summed E-state index contributed by atoms with van der Waals surface area (Å²) < 4.78 is 4.89. The zero-order valence-corrected chi connectivity index (χ0v) is 12.3. The van der Waals surface area contributed by atoms with Crippen molar-refractivity contribution in [1.82, 2.24) is 0 Å². The Morgan fingerprint density at radius 2 is 1.86 bits per heavy atom. The Kier molecular flexibility index (Phi) is 4.80. The van der Waals surface area contributed by atoms with E-state index in [0.717, 1.165) is 0 Å². The van der Waals surface area contributed by atoms with E-state index in [4.69, 9.17) is 16.3 Å². The Labute approximate surface area is 131 Å². The van der Waals surface area contributed by atoms with Crippen LogP contribution in [0.25, 0.3) is 0 Å². The Bertz CT molecular complexity index is 721. The number of carbonyl (C=O) groups excluding carboxylic acids is 1. The minimum atomic E-state index is -0.584. The number of ether oxygens (including phenoxy) is 1. The van der Waals surface area contributed by atoms with Crippen molar-refractivity contribution >= 4 is 34.7 Å². The number of nitro groups is 1. The van der Waals surface area contributed by atoms with Crippen molar-refractivity contribution in [3.05, 3.63) is 57.6 Å². The number of nitrogens with zero attached hydrogens (tertiary/aromatic N) is 1. The number of urea groups is 1. The van der Waals surface area contributed by atoms with Crippen LogP contribution < -0.4 is 15.4 Å². The number of methoxy groups -OCH3 is 1. The number of halogens is 1. The first-order valence-corrected chi connectivity index (χ1v) is 6.53. The molecule has 0 aromatic heterocycles. The van der Waals surface area contributed by atoms with Crippen LogP contribution >= 0.6 is 11.6 Å². The number of benzene rings is 2. The molecule has 2 amide bonds. The normalized spacial score (nSPS) is 9.91. The third-order valence-electron chi connectivity index (χ3n) is 2.72. The molecule has 7 nitrogen and oxygen atoms in total. The Balaban J connectivity index is 2.11. The van der Waals surface area contributed by atoms with Crippen LogP contribution in [0.1, 0.15) is 0 Å². The lowest BCUT2D eigenvalue weighted by molar-refractivity contribution is -0.385. The van der Waals surface area contributed by atoms with Crippen molar-refractivity contribution in [1.29, 1.82) is 0 Å². The van der Waals surface area contributed by atoms with Gasteiger partial charge in [0, 0.05) is 22.5 Å². The summed E-state index contributed by atoms with van der Waals surface area (Å²) in [5, 5.41) is 16.5. The molecule has 0 fully saturated rings. The van der Waals surface area contributed by atoms with E-state index in [1.54, 1.807) is 24.3 Å². The molecule has 2 N–H and O–H groups in total. The highest BCUT2D eigenvalue weighted by atomic mass is 35.5. The second kappa shape index (κ2) is 6.77. The summed E-state index contributed by atoms with van der Waals surface area (Å²) in [5.74, 6) is 0.116. The van der Waals surface area contributed by atoms with Crippen LogP contribution in [-0.2, 0) is 0 Å². The van der Waals surface area contributed by atoms with Gasteiger partial charge in [0.1, 0.15) is 0 Å². The van der Waals surface area contributed by atoms with Gasteiger partial charge in [-0.1, -0.05) is 17.7 Å². The molecule has 8 heteroatoms. The van der Waals surface area contributed by atoms with Crippen molar-refractivity contribution in [2.24, 2.45) is 0 Å². The molecule has 2 aromatic rings.